The summed E-state index contributed by atoms with van der Waals surface area (Å²) in [6.45, 7) is 7.53. The minimum absolute atomic E-state index is 0.0255. The van der Waals surface area contributed by atoms with Crippen LogP contribution in [0.4, 0.5) is 0 Å². The summed E-state index contributed by atoms with van der Waals surface area (Å²) in [6.07, 6.45) is 5.98. The van der Waals surface area contributed by atoms with E-state index in [0.717, 1.165) is 32.5 Å². The van der Waals surface area contributed by atoms with E-state index in [1.54, 1.807) is 0 Å². The van der Waals surface area contributed by atoms with Crippen LogP contribution < -0.4 is 4.72 Å². The molecular weight excluding hydrogens is 312 g/mol. The van der Waals surface area contributed by atoms with E-state index in [0.29, 0.717) is 18.9 Å². The number of Topliss-reactive ketones (excluding diaryl/α,β-unsaturated/α-hetero) is 1. The predicted octanol–water partition coefficient (Wildman–Crippen LogP) is 1.79. The number of likely N-dealkylation sites (tertiary alicyclic amines) is 1. The summed E-state index contributed by atoms with van der Waals surface area (Å²) in [4.78, 5) is 14.8. The van der Waals surface area contributed by atoms with Crippen LogP contribution in [-0.4, -0.2) is 51.0 Å². The van der Waals surface area contributed by atoms with Crippen LogP contribution in [0.5, 0.6) is 0 Å². The molecule has 3 fully saturated rings. The van der Waals surface area contributed by atoms with Crippen molar-refractivity contribution in [3.05, 3.63) is 0 Å². The number of piperidine rings is 1. The first kappa shape index (κ1) is 17.4. The summed E-state index contributed by atoms with van der Waals surface area (Å²) in [6, 6.07) is 0. The zero-order valence-corrected chi connectivity index (χ0v) is 15.3. The van der Waals surface area contributed by atoms with E-state index in [-0.39, 0.29) is 17.0 Å². The highest BCUT2D eigenvalue weighted by molar-refractivity contribution is 7.89. The Bertz CT molecular complexity index is 566. The van der Waals surface area contributed by atoms with Gasteiger partial charge in [-0.25, -0.2) is 13.1 Å². The maximum atomic E-state index is 12.6. The van der Waals surface area contributed by atoms with E-state index in [1.165, 1.54) is 19.3 Å². The zero-order valence-electron chi connectivity index (χ0n) is 14.4. The molecule has 0 aromatic carbocycles. The highest BCUT2D eigenvalue weighted by Crippen LogP contribution is 2.64. The third-order valence-corrected chi connectivity index (χ3v) is 8.29. The monoisotopic (exact) mass is 342 g/mol. The van der Waals surface area contributed by atoms with Crippen LogP contribution in [-0.2, 0) is 14.8 Å². The number of carbonyl (C=O) groups is 1. The quantitative estimate of drug-likeness (QED) is 0.799. The van der Waals surface area contributed by atoms with Crippen molar-refractivity contribution in [1.82, 2.24) is 9.62 Å². The SMILES string of the molecule is CC1(C)C2CCC1(CS(=O)(=O)NCCN1CCCCC1)C(=O)C2. The number of rotatable bonds is 6. The molecule has 3 rings (SSSR count). The summed E-state index contributed by atoms with van der Waals surface area (Å²) in [7, 11) is -3.41. The normalized spacial score (nSPS) is 34.2. The van der Waals surface area contributed by atoms with Crippen molar-refractivity contribution in [3.63, 3.8) is 0 Å². The van der Waals surface area contributed by atoms with Crippen molar-refractivity contribution in [2.75, 3.05) is 31.9 Å². The van der Waals surface area contributed by atoms with Crippen LogP contribution >= 0.6 is 0 Å². The van der Waals surface area contributed by atoms with E-state index in [9.17, 15) is 13.2 Å². The average Bonchev–Trinajstić information content (AvgIpc) is 2.82. The summed E-state index contributed by atoms with van der Waals surface area (Å²) in [5.74, 6) is 0.501. The van der Waals surface area contributed by atoms with Gasteiger partial charge in [0.05, 0.1) is 5.75 Å². The number of nitrogens with one attached hydrogen (secondary N) is 1. The van der Waals surface area contributed by atoms with Gasteiger partial charge in [0.15, 0.2) is 0 Å². The van der Waals surface area contributed by atoms with Gasteiger partial charge in [-0.05, 0) is 50.1 Å². The smallest absolute Gasteiger partial charge is 0.212 e. The van der Waals surface area contributed by atoms with Crippen LogP contribution in [0.1, 0.15) is 52.4 Å². The van der Waals surface area contributed by atoms with Gasteiger partial charge in [0.2, 0.25) is 10.0 Å². The molecule has 2 bridgehead atoms. The molecule has 23 heavy (non-hydrogen) atoms. The summed E-state index contributed by atoms with van der Waals surface area (Å²) < 4.78 is 27.9. The number of carbonyl (C=O) groups excluding carboxylic acids is 1. The number of nitrogens with zero attached hydrogens (tertiary/aromatic N) is 1. The maximum Gasteiger partial charge on any atom is 0.212 e. The lowest BCUT2D eigenvalue weighted by molar-refractivity contribution is -0.128. The zero-order chi connectivity index (χ0) is 16.7. The van der Waals surface area contributed by atoms with Gasteiger partial charge in [0.1, 0.15) is 5.78 Å². The van der Waals surface area contributed by atoms with Gasteiger partial charge in [0, 0.05) is 24.9 Å². The van der Waals surface area contributed by atoms with Crippen molar-refractivity contribution in [3.8, 4) is 0 Å². The van der Waals surface area contributed by atoms with Gasteiger partial charge in [0.25, 0.3) is 0 Å². The second kappa shape index (κ2) is 6.12. The van der Waals surface area contributed by atoms with Gasteiger partial charge in [-0.3, -0.25) is 4.79 Å². The summed E-state index contributed by atoms with van der Waals surface area (Å²) in [5.41, 5.74) is -0.847. The third-order valence-electron chi connectivity index (χ3n) is 6.77. The molecule has 0 aromatic rings. The lowest BCUT2D eigenvalue weighted by Gasteiger charge is -2.36. The van der Waals surface area contributed by atoms with Crippen LogP contribution in [0.25, 0.3) is 0 Å². The molecule has 1 saturated heterocycles. The molecule has 3 aliphatic rings. The van der Waals surface area contributed by atoms with E-state index >= 15 is 0 Å². The molecule has 0 amide bonds. The number of fused-ring (bicyclic) bond motifs is 2. The molecule has 1 N–H and O–H groups in total. The highest BCUT2D eigenvalue weighted by Gasteiger charge is 2.65. The van der Waals surface area contributed by atoms with Crippen molar-refractivity contribution >= 4 is 15.8 Å². The molecule has 5 nitrogen and oxygen atoms in total. The Morgan fingerprint density at radius 1 is 1.22 bits per heavy atom. The average molecular weight is 343 g/mol. The largest absolute Gasteiger partial charge is 0.302 e. The second-order valence-electron chi connectivity index (χ2n) is 8.22. The molecule has 6 heteroatoms. The van der Waals surface area contributed by atoms with Crippen LogP contribution in [0, 0.1) is 16.7 Å². The summed E-state index contributed by atoms with van der Waals surface area (Å²) >= 11 is 0. The lowest BCUT2D eigenvalue weighted by atomic mass is 9.70. The van der Waals surface area contributed by atoms with Gasteiger partial charge in [-0.15, -0.1) is 0 Å². The van der Waals surface area contributed by atoms with E-state index in [2.05, 4.69) is 23.5 Å². The lowest BCUT2D eigenvalue weighted by Crippen LogP contribution is -2.46. The fraction of sp³-hybridized carbons (Fsp3) is 0.941. The number of sulfonamides is 1. The van der Waals surface area contributed by atoms with E-state index in [4.69, 9.17) is 0 Å². The van der Waals surface area contributed by atoms with Gasteiger partial charge < -0.3 is 4.90 Å². The molecule has 2 saturated carbocycles. The molecule has 2 aliphatic carbocycles. The first-order valence-corrected chi connectivity index (χ1v) is 10.7. The first-order chi connectivity index (χ1) is 10.8. The molecule has 2 atom stereocenters. The molecule has 0 spiro atoms. The summed E-state index contributed by atoms with van der Waals surface area (Å²) in [5, 5.41) is 0. The van der Waals surface area contributed by atoms with Crippen molar-refractivity contribution in [2.45, 2.75) is 52.4 Å². The molecule has 1 heterocycles. The van der Waals surface area contributed by atoms with E-state index < -0.39 is 15.4 Å². The molecule has 2 unspecified atom stereocenters. The van der Waals surface area contributed by atoms with Crippen molar-refractivity contribution in [1.29, 1.82) is 0 Å². The van der Waals surface area contributed by atoms with Crippen molar-refractivity contribution < 1.29 is 13.2 Å². The Balaban J connectivity index is 1.59. The maximum absolute atomic E-state index is 12.6. The predicted molar refractivity (Wildman–Crippen MR) is 90.6 cm³/mol. The fourth-order valence-corrected chi connectivity index (χ4v) is 6.86. The number of hydrogen-bond acceptors (Lipinski definition) is 4. The minimum Gasteiger partial charge on any atom is -0.302 e. The Morgan fingerprint density at radius 2 is 1.91 bits per heavy atom. The van der Waals surface area contributed by atoms with Crippen molar-refractivity contribution in [2.24, 2.45) is 16.7 Å². The molecular formula is C17H30N2O3S. The highest BCUT2D eigenvalue weighted by atomic mass is 32.2. The van der Waals surface area contributed by atoms with Crippen LogP contribution in [0.3, 0.4) is 0 Å². The Labute approximate surface area is 140 Å². The third kappa shape index (κ3) is 3.10. The first-order valence-electron chi connectivity index (χ1n) is 9.00. The standard InChI is InChI=1S/C17H30N2O3S/c1-16(2)14-6-7-17(16,15(20)12-14)13-23(21,22)18-8-11-19-9-4-3-5-10-19/h14,18H,3-13H2,1-2H3. The molecule has 1 aliphatic heterocycles. The minimum atomic E-state index is -3.41. The molecule has 0 aromatic heterocycles. The Hall–Kier alpha value is -0.460. The second-order valence-corrected chi connectivity index (χ2v) is 10.0. The topological polar surface area (TPSA) is 66.5 Å². The number of ketones is 1. The molecule has 0 radical (unpaired) electrons. The van der Waals surface area contributed by atoms with E-state index in [1.807, 2.05) is 0 Å². The number of hydrogen-bond donors (Lipinski definition) is 1. The molecule has 132 valence electrons. The fourth-order valence-electron chi connectivity index (χ4n) is 5.03. The Morgan fingerprint density at radius 3 is 2.48 bits per heavy atom. The van der Waals surface area contributed by atoms with Crippen LogP contribution in [0.15, 0.2) is 0 Å². The van der Waals surface area contributed by atoms with Gasteiger partial charge >= 0.3 is 0 Å². The van der Waals surface area contributed by atoms with Gasteiger partial charge in [-0.2, -0.15) is 0 Å². The van der Waals surface area contributed by atoms with Gasteiger partial charge in [-0.1, -0.05) is 20.3 Å². The van der Waals surface area contributed by atoms with Crippen LogP contribution in [0.2, 0.25) is 0 Å². The Kier molecular flexibility index (Phi) is 4.62.